The SMILES string of the molecule is CNC(c1cnsn1)c1cc(C)c(C)cc1C. The van der Waals surface area contributed by atoms with Crippen LogP contribution in [0, 0.1) is 20.8 Å². The van der Waals surface area contributed by atoms with Crippen molar-refractivity contribution in [3.05, 3.63) is 46.3 Å². The molecule has 0 aliphatic rings. The highest BCUT2D eigenvalue weighted by Crippen LogP contribution is 2.26. The molecule has 0 aliphatic heterocycles. The molecule has 2 aromatic rings. The quantitative estimate of drug-likeness (QED) is 0.906. The van der Waals surface area contributed by atoms with Crippen molar-refractivity contribution in [3.63, 3.8) is 0 Å². The van der Waals surface area contributed by atoms with E-state index in [9.17, 15) is 0 Å². The van der Waals surface area contributed by atoms with Crippen molar-refractivity contribution >= 4 is 11.7 Å². The second kappa shape index (κ2) is 4.94. The van der Waals surface area contributed by atoms with Crippen molar-refractivity contribution in [2.75, 3.05) is 7.05 Å². The van der Waals surface area contributed by atoms with Crippen LogP contribution in [0.25, 0.3) is 0 Å². The first-order valence-electron chi connectivity index (χ1n) is 5.66. The molecule has 1 aromatic heterocycles. The van der Waals surface area contributed by atoms with E-state index in [1.165, 1.54) is 34.0 Å². The molecule has 3 nitrogen and oxygen atoms in total. The summed E-state index contributed by atoms with van der Waals surface area (Å²) in [5, 5.41) is 3.31. The lowest BCUT2D eigenvalue weighted by atomic mass is 9.94. The smallest absolute Gasteiger partial charge is 0.0957 e. The molecule has 0 fully saturated rings. The van der Waals surface area contributed by atoms with Crippen LogP contribution in [0.3, 0.4) is 0 Å². The van der Waals surface area contributed by atoms with E-state index in [1.54, 1.807) is 0 Å². The summed E-state index contributed by atoms with van der Waals surface area (Å²) in [5.41, 5.74) is 6.21. The van der Waals surface area contributed by atoms with Gasteiger partial charge in [-0.15, -0.1) is 0 Å². The molecule has 0 amide bonds. The van der Waals surface area contributed by atoms with Crippen LogP contribution in [0.1, 0.15) is 34.0 Å². The second-order valence-corrected chi connectivity index (χ2v) is 4.90. The van der Waals surface area contributed by atoms with Crippen molar-refractivity contribution in [1.29, 1.82) is 0 Å². The maximum Gasteiger partial charge on any atom is 0.0957 e. The lowest BCUT2D eigenvalue weighted by Gasteiger charge is -2.18. The van der Waals surface area contributed by atoms with E-state index in [0.29, 0.717) is 0 Å². The molecule has 0 saturated carbocycles. The van der Waals surface area contributed by atoms with E-state index < -0.39 is 0 Å². The van der Waals surface area contributed by atoms with Gasteiger partial charge in [-0.05, 0) is 50.1 Å². The number of nitrogens with one attached hydrogen (secondary N) is 1. The summed E-state index contributed by atoms with van der Waals surface area (Å²) in [5.74, 6) is 0. The van der Waals surface area contributed by atoms with Gasteiger partial charge in [0.2, 0.25) is 0 Å². The summed E-state index contributed by atoms with van der Waals surface area (Å²) in [6, 6.07) is 4.60. The number of hydrogen-bond acceptors (Lipinski definition) is 4. The standard InChI is InChI=1S/C13H17N3S/c1-8-5-10(3)11(6-9(8)2)13(14-4)12-7-15-17-16-12/h5-7,13-14H,1-4H3. The molecule has 1 unspecified atom stereocenters. The first-order valence-corrected chi connectivity index (χ1v) is 6.39. The van der Waals surface area contributed by atoms with Crippen molar-refractivity contribution in [2.24, 2.45) is 0 Å². The Morgan fingerprint density at radius 3 is 2.41 bits per heavy atom. The molecule has 0 bridgehead atoms. The van der Waals surface area contributed by atoms with Gasteiger partial charge in [0.1, 0.15) is 0 Å². The van der Waals surface area contributed by atoms with Crippen LogP contribution in [-0.2, 0) is 0 Å². The fraction of sp³-hybridized carbons (Fsp3) is 0.385. The molecule has 0 radical (unpaired) electrons. The number of benzene rings is 1. The first kappa shape index (κ1) is 12.2. The molecule has 1 aromatic carbocycles. The average Bonchev–Trinajstić information content (AvgIpc) is 2.80. The molecule has 1 heterocycles. The third-order valence-electron chi connectivity index (χ3n) is 3.16. The number of hydrogen-bond donors (Lipinski definition) is 1. The van der Waals surface area contributed by atoms with Crippen molar-refractivity contribution in [3.8, 4) is 0 Å². The van der Waals surface area contributed by atoms with Crippen LogP contribution >= 0.6 is 11.7 Å². The molecular weight excluding hydrogens is 230 g/mol. The maximum atomic E-state index is 4.33. The Bertz CT molecular complexity index is 506. The highest BCUT2D eigenvalue weighted by molar-refractivity contribution is 6.99. The number of aryl methyl sites for hydroxylation is 3. The van der Waals surface area contributed by atoms with Crippen LogP contribution in [0.15, 0.2) is 18.3 Å². The van der Waals surface area contributed by atoms with E-state index in [0.717, 1.165) is 5.69 Å². The zero-order chi connectivity index (χ0) is 12.4. The van der Waals surface area contributed by atoms with Crippen molar-refractivity contribution in [1.82, 2.24) is 14.1 Å². The lowest BCUT2D eigenvalue weighted by Crippen LogP contribution is -2.19. The highest BCUT2D eigenvalue weighted by atomic mass is 32.1. The molecular formula is C13H17N3S. The third kappa shape index (κ3) is 2.37. The molecule has 0 spiro atoms. The van der Waals surface area contributed by atoms with Crippen LogP contribution in [0.5, 0.6) is 0 Å². The van der Waals surface area contributed by atoms with Gasteiger partial charge in [0.05, 0.1) is 29.7 Å². The van der Waals surface area contributed by atoms with Crippen LogP contribution in [-0.4, -0.2) is 15.8 Å². The predicted octanol–water partition coefficient (Wildman–Crippen LogP) is 2.77. The van der Waals surface area contributed by atoms with E-state index in [4.69, 9.17) is 0 Å². The molecule has 2 rings (SSSR count). The molecule has 1 atom stereocenters. The van der Waals surface area contributed by atoms with E-state index >= 15 is 0 Å². The van der Waals surface area contributed by atoms with Gasteiger partial charge in [0.15, 0.2) is 0 Å². The minimum absolute atomic E-state index is 0.132. The minimum atomic E-state index is 0.132. The van der Waals surface area contributed by atoms with Gasteiger partial charge in [-0.25, -0.2) is 0 Å². The highest BCUT2D eigenvalue weighted by Gasteiger charge is 2.17. The van der Waals surface area contributed by atoms with Crippen LogP contribution in [0.4, 0.5) is 0 Å². The Hall–Kier alpha value is -1.26. The fourth-order valence-corrected chi connectivity index (χ4v) is 2.50. The Balaban J connectivity index is 2.48. The number of rotatable bonds is 3. The van der Waals surface area contributed by atoms with E-state index in [2.05, 4.69) is 47.0 Å². The number of aromatic nitrogens is 2. The summed E-state index contributed by atoms with van der Waals surface area (Å²) in [4.78, 5) is 0. The first-order chi connectivity index (χ1) is 8.13. The second-order valence-electron chi connectivity index (χ2n) is 4.35. The predicted molar refractivity (Wildman–Crippen MR) is 71.5 cm³/mol. The fourth-order valence-electron chi connectivity index (χ4n) is 2.06. The van der Waals surface area contributed by atoms with Gasteiger partial charge >= 0.3 is 0 Å². The largest absolute Gasteiger partial charge is 0.308 e. The van der Waals surface area contributed by atoms with Gasteiger partial charge < -0.3 is 5.32 Å². The van der Waals surface area contributed by atoms with Crippen LogP contribution < -0.4 is 5.32 Å². The van der Waals surface area contributed by atoms with E-state index in [-0.39, 0.29) is 6.04 Å². The zero-order valence-corrected chi connectivity index (χ0v) is 11.4. The topological polar surface area (TPSA) is 37.8 Å². The van der Waals surface area contributed by atoms with E-state index in [1.807, 2.05) is 13.2 Å². The summed E-state index contributed by atoms with van der Waals surface area (Å²) in [6.07, 6.45) is 1.83. The Morgan fingerprint density at radius 2 is 1.82 bits per heavy atom. The molecule has 90 valence electrons. The zero-order valence-electron chi connectivity index (χ0n) is 10.6. The van der Waals surface area contributed by atoms with Gasteiger partial charge in [0, 0.05) is 0 Å². The molecule has 0 aliphatic carbocycles. The Labute approximate surface area is 106 Å². The minimum Gasteiger partial charge on any atom is -0.308 e. The third-order valence-corrected chi connectivity index (χ3v) is 3.65. The van der Waals surface area contributed by atoms with Crippen molar-refractivity contribution < 1.29 is 0 Å². The van der Waals surface area contributed by atoms with Crippen LogP contribution in [0.2, 0.25) is 0 Å². The van der Waals surface area contributed by atoms with Gasteiger partial charge in [0.25, 0.3) is 0 Å². The van der Waals surface area contributed by atoms with Gasteiger partial charge in [-0.3, -0.25) is 0 Å². The van der Waals surface area contributed by atoms with Gasteiger partial charge in [-0.2, -0.15) is 8.75 Å². The summed E-state index contributed by atoms with van der Waals surface area (Å²) < 4.78 is 8.40. The summed E-state index contributed by atoms with van der Waals surface area (Å²) in [7, 11) is 1.96. The summed E-state index contributed by atoms with van der Waals surface area (Å²) >= 11 is 1.25. The summed E-state index contributed by atoms with van der Waals surface area (Å²) in [6.45, 7) is 6.43. The van der Waals surface area contributed by atoms with Crippen molar-refractivity contribution in [2.45, 2.75) is 26.8 Å². The lowest BCUT2D eigenvalue weighted by molar-refractivity contribution is 0.672. The average molecular weight is 247 g/mol. The Kier molecular flexibility index (Phi) is 3.54. The number of nitrogens with zero attached hydrogens (tertiary/aromatic N) is 2. The molecule has 17 heavy (non-hydrogen) atoms. The maximum absolute atomic E-state index is 4.33. The Morgan fingerprint density at radius 1 is 1.12 bits per heavy atom. The molecule has 1 N–H and O–H groups in total. The normalized spacial score (nSPS) is 12.7. The monoisotopic (exact) mass is 247 g/mol. The molecule has 0 saturated heterocycles. The van der Waals surface area contributed by atoms with Gasteiger partial charge in [-0.1, -0.05) is 12.1 Å². The molecule has 4 heteroatoms.